The smallest absolute Gasteiger partial charge is 0.0945 e. The van der Waals surface area contributed by atoms with Crippen molar-refractivity contribution < 1.29 is 0 Å². The molecular formula is C13H16BrN3S. The number of aromatic nitrogens is 2. The summed E-state index contributed by atoms with van der Waals surface area (Å²) in [6.07, 6.45) is 0. The number of nitrogens with zero attached hydrogens (tertiary/aromatic N) is 2. The Balaban J connectivity index is 2.25. The van der Waals surface area contributed by atoms with Gasteiger partial charge in [-0.2, -0.15) is 5.10 Å². The topological polar surface area (TPSA) is 43.8 Å². The van der Waals surface area contributed by atoms with E-state index in [9.17, 15) is 0 Å². The van der Waals surface area contributed by atoms with E-state index in [0.29, 0.717) is 6.54 Å². The Labute approximate surface area is 120 Å². The van der Waals surface area contributed by atoms with Crippen molar-refractivity contribution in [2.24, 2.45) is 12.8 Å². The van der Waals surface area contributed by atoms with E-state index in [1.165, 1.54) is 5.56 Å². The Morgan fingerprint density at radius 3 is 2.72 bits per heavy atom. The van der Waals surface area contributed by atoms with Gasteiger partial charge in [0, 0.05) is 23.3 Å². The van der Waals surface area contributed by atoms with E-state index in [0.717, 1.165) is 15.2 Å². The van der Waals surface area contributed by atoms with E-state index in [-0.39, 0.29) is 5.25 Å². The second-order valence-electron chi connectivity index (χ2n) is 4.11. The molecule has 1 atom stereocenters. The number of rotatable bonds is 4. The number of nitrogens with two attached hydrogens (primary N) is 1. The second-order valence-corrected chi connectivity index (χ2v) is 6.19. The zero-order valence-electron chi connectivity index (χ0n) is 10.4. The van der Waals surface area contributed by atoms with Crippen molar-refractivity contribution >= 4 is 27.7 Å². The summed E-state index contributed by atoms with van der Waals surface area (Å²) in [5.41, 5.74) is 8.16. The summed E-state index contributed by atoms with van der Waals surface area (Å²) in [7, 11) is 1.96. The van der Waals surface area contributed by atoms with E-state index in [4.69, 9.17) is 5.73 Å². The van der Waals surface area contributed by atoms with Crippen LogP contribution in [0, 0.1) is 6.92 Å². The normalized spacial score (nSPS) is 12.7. The first-order valence-corrected chi connectivity index (χ1v) is 7.41. The maximum absolute atomic E-state index is 5.91. The highest BCUT2D eigenvalue weighted by atomic mass is 79.9. The molecule has 0 radical (unpaired) electrons. The molecule has 18 heavy (non-hydrogen) atoms. The van der Waals surface area contributed by atoms with Gasteiger partial charge < -0.3 is 5.73 Å². The molecule has 5 heteroatoms. The molecule has 0 saturated carbocycles. The van der Waals surface area contributed by atoms with Crippen LogP contribution in [0.4, 0.5) is 0 Å². The van der Waals surface area contributed by atoms with Crippen molar-refractivity contribution in [2.75, 3.05) is 6.54 Å². The fourth-order valence-electron chi connectivity index (χ4n) is 1.82. The zero-order chi connectivity index (χ0) is 13.1. The molecule has 2 N–H and O–H groups in total. The van der Waals surface area contributed by atoms with Crippen molar-refractivity contribution in [1.29, 1.82) is 0 Å². The van der Waals surface area contributed by atoms with Crippen LogP contribution >= 0.6 is 27.7 Å². The van der Waals surface area contributed by atoms with Crippen molar-refractivity contribution in [3.63, 3.8) is 0 Å². The van der Waals surface area contributed by atoms with E-state index < -0.39 is 0 Å². The van der Waals surface area contributed by atoms with Gasteiger partial charge in [0.2, 0.25) is 0 Å². The van der Waals surface area contributed by atoms with Crippen LogP contribution in [0.1, 0.15) is 16.5 Å². The lowest BCUT2D eigenvalue weighted by molar-refractivity contribution is 0.690. The standard InChI is InChI=1S/C13H16BrN3S/c1-9-7-13(17(2)16-9)18-12(8-15)10-5-3-4-6-11(10)14/h3-7,12H,8,15H2,1-2H3. The van der Waals surface area contributed by atoms with Crippen LogP contribution in [0.5, 0.6) is 0 Å². The van der Waals surface area contributed by atoms with Gasteiger partial charge in [0.15, 0.2) is 0 Å². The van der Waals surface area contributed by atoms with Gasteiger partial charge in [0.05, 0.1) is 10.7 Å². The maximum Gasteiger partial charge on any atom is 0.0945 e. The molecule has 0 aliphatic heterocycles. The zero-order valence-corrected chi connectivity index (χ0v) is 12.8. The number of hydrogen-bond donors (Lipinski definition) is 1. The number of benzene rings is 1. The Kier molecular flexibility index (Phi) is 4.48. The molecule has 1 aromatic heterocycles. The highest BCUT2D eigenvalue weighted by molar-refractivity contribution is 9.10. The average Bonchev–Trinajstić information content (AvgIpc) is 2.66. The Bertz CT molecular complexity index is 539. The summed E-state index contributed by atoms with van der Waals surface area (Å²) in [6, 6.07) is 10.3. The highest BCUT2D eigenvalue weighted by Gasteiger charge is 2.16. The molecule has 0 aliphatic carbocycles. The van der Waals surface area contributed by atoms with Gasteiger partial charge in [0.1, 0.15) is 0 Å². The van der Waals surface area contributed by atoms with Gasteiger partial charge >= 0.3 is 0 Å². The number of halogens is 1. The minimum Gasteiger partial charge on any atom is -0.329 e. The predicted octanol–water partition coefficient (Wildman–Crippen LogP) is 3.28. The summed E-state index contributed by atoms with van der Waals surface area (Å²) in [6.45, 7) is 2.59. The van der Waals surface area contributed by atoms with Gasteiger partial charge in [-0.25, -0.2) is 0 Å². The van der Waals surface area contributed by atoms with Crippen LogP contribution < -0.4 is 5.73 Å². The van der Waals surface area contributed by atoms with Crippen LogP contribution in [0.25, 0.3) is 0 Å². The van der Waals surface area contributed by atoms with Crippen molar-refractivity contribution in [2.45, 2.75) is 17.2 Å². The predicted molar refractivity (Wildman–Crippen MR) is 79.7 cm³/mol. The summed E-state index contributed by atoms with van der Waals surface area (Å²) in [4.78, 5) is 0. The maximum atomic E-state index is 5.91. The molecule has 0 fully saturated rings. The highest BCUT2D eigenvalue weighted by Crippen LogP contribution is 2.37. The van der Waals surface area contributed by atoms with Crippen LogP contribution in [-0.4, -0.2) is 16.3 Å². The van der Waals surface area contributed by atoms with Gasteiger partial charge in [-0.15, -0.1) is 0 Å². The monoisotopic (exact) mass is 325 g/mol. The van der Waals surface area contributed by atoms with E-state index in [1.807, 2.05) is 36.9 Å². The third kappa shape index (κ3) is 2.96. The van der Waals surface area contributed by atoms with Gasteiger partial charge in [-0.1, -0.05) is 45.9 Å². The molecule has 0 aliphatic rings. The summed E-state index contributed by atoms with van der Waals surface area (Å²) in [5, 5.41) is 5.73. The molecule has 1 heterocycles. The minimum atomic E-state index is 0.232. The van der Waals surface area contributed by atoms with Crippen LogP contribution in [0.2, 0.25) is 0 Å². The summed E-state index contributed by atoms with van der Waals surface area (Å²) >= 11 is 5.33. The lowest BCUT2D eigenvalue weighted by Gasteiger charge is -2.16. The summed E-state index contributed by atoms with van der Waals surface area (Å²) in [5.74, 6) is 0. The first-order chi connectivity index (χ1) is 8.61. The molecule has 3 nitrogen and oxygen atoms in total. The largest absolute Gasteiger partial charge is 0.329 e. The fourth-order valence-corrected chi connectivity index (χ4v) is 3.68. The molecule has 96 valence electrons. The lowest BCUT2D eigenvalue weighted by atomic mass is 10.1. The molecule has 0 amide bonds. The van der Waals surface area contributed by atoms with E-state index >= 15 is 0 Å². The first-order valence-electron chi connectivity index (χ1n) is 5.73. The average molecular weight is 326 g/mol. The molecule has 1 unspecified atom stereocenters. The Morgan fingerprint density at radius 2 is 2.17 bits per heavy atom. The SMILES string of the molecule is Cc1cc(SC(CN)c2ccccc2Br)n(C)n1. The Hall–Kier alpha value is -0.780. The first kappa shape index (κ1) is 13.6. The minimum absolute atomic E-state index is 0.232. The molecule has 0 spiro atoms. The van der Waals surface area contributed by atoms with Gasteiger partial charge in [0.25, 0.3) is 0 Å². The third-order valence-electron chi connectivity index (χ3n) is 2.69. The van der Waals surface area contributed by atoms with Crippen LogP contribution in [0.3, 0.4) is 0 Å². The van der Waals surface area contributed by atoms with Gasteiger partial charge in [-0.3, -0.25) is 4.68 Å². The van der Waals surface area contributed by atoms with Crippen molar-refractivity contribution in [3.05, 3.63) is 46.1 Å². The third-order valence-corrected chi connectivity index (χ3v) is 4.76. The molecule has 0 bridgehead atoms. The lowest BCUT2D eigenvalue weighted by Crippen LogP contribution is -2.10. The fraction of sp³-hybridized carbons (Fsp3) is 0.308. The molecule has 0 saturated heterocycles. The quantitative estimate of drug-likeness (QED) is 0.877. The molecular weight excluding hydrogens is 310 g/mol. The number of aryl methyl sites for hydroxylation is 2. The summed E-state index contributed by atoms with van der Waals surface area (Å²) < 4.78 is 3.01. The molecule has 1 aromatic carbocycles. The molecule has 2 aromatic rings. The second kappa shape index (κ2) is 5.91. The van der Waals surface area contributed by atoms with Crippen LogP contribution in [-0.2, 0) is 7.05 Å². The number of hydrogen-bond acceptors (Lipinski definition) is 3. The Morgan fingerprint density at radius 1 is 1.44 bits per heavy atom. The van der Waals surface area contributed by atoms with Crippen molar-refractivity contribution in [3.8, 4) is 0 Å². The van der Waals surface area contributed by atoms with E-state index in [2.05, 4.69) is 33.2 Å². The van der Waals surface area contributed by atoms with Crippen molar-refractivity contribution in [1.82, 2.24) is 9.78 Å². The van der Waals surface area contributed by atoms with E-state index in [1.54, 1.807) is 11.8 Å². The van der Waals surface area contributed by atoms with Gasteiger partial charge in [-0.05, 0) is 24.6 Å². The van der Waals surface area contributed by atoms with Crippen LogP contribution in [0.15, 0.2) is 39.8 Å². The molecule has 2 rings (SSSR count). The number of thioether (sulfide) groups is 1.